The van der Waals surface area contributed by atoms with Crippen molar-refractivity contribution in [2.45, 2.75) is 51.5 Å². The number of thiophene rings is 1. The van der Waals surface area contributed by atoms with Crippen LogP contribution in [0.25, 0.3) is 60.9 Å². The Morgan fingerprint density at radius 1 is 0.646 bits per heavy atom. The molecule has 1 aliphatic heterocycles. The molecule has 1 aliphatic rings. The summed E-state index contributed by atoms with van der Waals surface area (Å²) in [6, 6.07) is 45.7. The summed E-state index contributed by atoms with van der Waals surface area (Å²) < 4.78 is 4.51. The highest BCUT2D eigenvalue weighted by Crippen LogP contribution is 2.50. The maximum atomic E-state index is 4.64. The van der Waals surface area contributed by atoms with Crippen LogP contribution in [-0.4, -0.2) is 15.0 Å². The van der Waals surface area contributed by atoms with Crippen LogP contribution in [0.15, 0.2) is 140 Å². The van der Waals surface area contributed by atoms with Crippen molar-refractivity contribution in [2.75, 3.05) is 0 Å². The molecule has 0 spiro atoms. The molecule has 3 aromatic heterocycles. The standard InChI is InChI=1S/C43H39N4S/c1-4-38-42-37(40-19-13-14-24-46(40)43(38,5-2)6-3)28-41(48-42)47-29-39(44-45-47)33-22-20-32(21-23-33)36-26-34(30-15-9-7-10-16-30)25-35(27-36)31-17-11-8-12-18-31/h7-29,38H,4-6H2,1-3H3/q+1. The van der Waals surface area contributed by atoms with Gasteiger partial charge in [-0.1, -0.05) is 111 Å². The summed E-state index contributed by atoms with van der Waals surface area (Å²) in [6.45, 7) is 7.01. The Bertz CT molecular complexity index is 2130. The number of benzene rings is 4. The van der Waals surface area contributed by atoms with Gasteiger partial charge in [0.15, 0.2) is 11.7 Å². The smallest absolute Gasteiger partial charge is 0.210 e. The summed E-state index contributed by atoms with van der Waals surface area (Å²) in [6.07, 6.45) is 7.66. The molecule has 4 heterocycles. The number of nitrogens with zero attached hydrogens (tertiary/aromatic N) is 4. The van der Waals surface area contributed by atoms with Crippen LogP contribution in [0.5, 0.6) is 0 Å². The number of hydrogen-bond donors (Lipinski definition) is 0. The molecule has 0 N–H and O–H groups in total. The summed E-state index contributed by atoms with van der Waals surface area (Å²) in [4.78, 5) is 1.47. The average molecular weight is 644 g/mol. The van der Waals surface area contributed by atoms with Crippen molar-refractivity contribution < 1.29 is 4.57 Å². The molecule has 236 valence electrons. The third kappa shape index (κ3) is 5.10. The first kappa shape index (κ1) is 30.2. The maximum Gasteiger partial charge on any atom is 0.214 e. The highest BCUT2D eigenvalue weighted by atomic mass is 32.1. The van der Waals surface area contributed by atoms with E-state index in [1.165, 1.54) is 49.5 Å². The van der Waals surface area contributed by atoms with Crippen LogP contribution in [-0.2, 0) is 5.54 Å². The summed E-state index contributed by atoms with van der Waals surface area (Å²) in [5.41, 5.74) is 11.8. The fraction of sp³-hybridized carbons (Fsp3) is 0.186. The first-order valence-electron chi connectivity index (χ1n) is 17.1. The van der Waals surface area contributed by atoms with Gasteiger partial charge in [-0.2, -0.15) is 4.57 Å². The van der Waals surface area contributed by atoms with Gasteiger partial charge in [-0.3, -0.25) is 0 Å². The van der Waals surface area contributed by atoms with Gasteiger partial charge >= 0.3 is 0 Å². The van der Waals surface area contributed by atoms with E-state index in [9.17, 15) is 0 Å². The van der Waals surface area contributed by atoms with E-state index >= 15 is 0 Å². The Labute approximate surface area is 287 Å². The third-order valence-corrected chi connectivity index (χ3v) is 11.6. The monoisotopic (exact) mass is 643 g/mol. The minimum Gasteiger partial charge on any atom is -0.210 e. The van der Waals surface area contributed by atoms with Crippen molar-refractivity contribution in [1.82, 2.24) is 15.0 Å². The lowest BCUT2D eigenvalue weighted by Crippen LogP contribution is -2.61. The van der Waals surface area contributed by atoms with E-state index in [1.807, 2.05) is 16.0 Å². The van der Waals surface area contributed by atoms with E-state index in [1.54, 1.807) is 0 Å². The zero-order chi connectivity index (χ0) is 32.7. The van der Waals surface area contributed by atoms with Gasteiger partial charge in [-0.15, -0.1) is 16.4 Å². The highest BCUT2D eigenvalue weighted by Gasteiger charge is 2.51. The zero-order valence-corrected chi connectivity index (χ0v) is 28.5. The molecule has 48 heavy (non-hydrogen) atoms. The minimum absolute atomic E-state index is 0.0816. The fourth-order valence-corrected chi connectivity index (χ4v) is 9.19. The molecule has 0 aliphatic carbocycles. The summed E-state index contributed by atoms with van der Waals surface area (Å²) >= 11 is 1.87. The van der Waals surface area contributed by atoms with Gasteiger partial charge in [0, 0.05) is 35.4 Å². The lowest BCUT2D eigenvalue weighted by molar-refractivity contribution is -0.762. The molecule has 1 atom stereocenters. The van der Waals surface area contributed by atoms with Crippen molar-refractivity contribution in [1.29, 1.82) is 0 Å². The number of rotatable bonds is 8. The van der Waals surface area contributed by atoms with Crippen molar-refractivity contribution in [3.05, 3.63) is 145 Å². The highest BCUT2D eigenvalue weighted by molar-refractivity contribution is 7.15. The molecule has 0 saturated carbocycles. The molecule has 7 aromatic rings. The SMILES string of the molecule is CCC1c2sc(-n3cc(-c4ccc(-c5cc(-c6ccccc6)cc(-c6ccccc6)c5)cc4)nn3)cc2-c2cccc[n+]2C1(CC)CC. The van der Waals surface area contributed by atoms with E-state index in [-0.39, 0.29) is 5.54 Å². The third-order valence-electron chi connectivity index (χ3n) is 10.3. The largest absolute Gasteiger partial charge is 0.214 e. The van der Waals surface area contributed by atoms with Crippen LogP contribution >= 0.6 is 11.3 Å². The molecule has 8 rings (SSSR count). The second-order valence-electron chi connectivity index (χ2n) is 12.7. The Morgan fingerprint density at radius 2 is 1.21 bits per heavy atom. The van der Waals surface area contributed by atoms with Crippen LogP contribution in [0.2, 0.25) is 0 Å². The second-order valence-corrected chi connectivity index (χ2v) is 13.8. The van der Waals surface area contributed by atoms with Gasteiger partial charge in [0.05, 0.1) is 17.7 Å². The topological polar surface area (TPSA) is 34.6 Å². The Balaban J connectivity index is 1.12. The van der Waals surface area contributed by atoms with Crippen LogP contribution in [0, 0.1) is 0 Å². The number of fused-ring (bicyclic) bond motifs is 3. The molecular weight excluding hydrogens is 605 g/mol. The van der Waals surface area contributed by atoms with Gasteiger partial charge < -0.3 is 0 Å². The normalized spacial score (nSPS) is 14.8. The van der Waals surface area contributed by atoms with Gasteiger partial charge in [0.2, 0.25) is 5.69 Å². The quantitative estimate of drug-likeness (QED) is 0.154. The predicted octanol–water partition coefficient (Wildman–Crippen LogP) is 11.0. The summed E-state index contributed by atoms with van der Waals surface area (Å²) in [5, 5.41) is 10.4. The Hall–Kier alpha value is -5.13. The lowest BCUT2D eigenvalue weighted by atomic mass is 9.73. The first-order chi connectivity index (χ1) is 23.6. The molecule has 4 nitrogen and oxygen atoms in total. The van der Waals surface area contributed by atoms with Gasteiger partial charge in [0.25, 0.3) is 0 Å². The molecule has 4 aromatic carbocycles. The summed E-state index contributed by atoms with van der Waals surface area (Å²) in [7, 11) is 0. The van der Waals surface area contributed by atoms with Gasteiger partial charge in [-0.25, -0.2) is 4.68 Å². The maximum absolute atomic E-state index is 4.64. The van der Waals surface area contributed by atoms with Crippen LogP contribution in [0.3, 0.4) is 0 Å². The van der Waals surface area contributed by atoms with E-state index in [0.29, 0.717) is 5.92 Å². The second kappa shape index (κ2) is 12.5. The predicted molar refractivity (Wildman–Crippen MR) is 198 cm³/mol. The molecule has 0 bridgehead atoms. The van der Waals surface area contributed by atoms with Gasteiger partial charge in [0.1, 0.15) is 10.7 Å². The Kier molecular flexibility index (Phi) is 7.85. The van der Waals surface area contributed by atoms with Crippen LogP contribution < -0.4 is 4.57 Å². The Morgan fingerprint density at radius 3 is 1.79 bits per heavy atom. The zero-order valence-electron chi connectivity index (χ0n) is 27.7. The molecule has 5 heteroatoms. The fourth-order valence-electron chi connectivity index (χ4n) is 7.80. The van der Waals surface area contributed by atoms with Gasteiger partial charge in [-0.05, 0) is 70.1 Å². The van der Waals surface area contributed by atoms with E-state index in [0.717, 1.165) is 35.5 Å². The first-order valence-corrected chi connectivity index (χ1v) is 17.9. The molecule has 0 saturated heterocycles. The van der Waals surface area contributed by atoms with Crippen molar-refractivity contribution in [3.8, 4) is 60.9 Å². The average Bonchev–Trinajstić information content (AvgIpc) is 3.84. The number of hydrogen-bond acceptors (Lipinski definition) is 3. The van der Waals surface area contributed by atoms with E-state index < -0.39 is 0 Å². The van der Waals surface area contributed by atoms with E-state index in [2.05, 4.69) is 175 Å². The van der Waals surface area contributed by atoms with Crippen LogP contribution in [0.1, 0.15) is 50.8 Å². The molecule has 0 fully saturated rings. The van der Waals surface area contributed by atoms with E-state index in [4.69, 9.17) is 0 Å². The number of pyridine rings is 1. The minimum atomic E-state index is 0.0816. The summed E-state index contributed by atoms with van der Waals surface area (Å²) in [5.74, 6) is 0.458. The van der Waals surface area contributed by atoms with Crippen LogP contribution in [0.4, 0.5) is 0 Å². The van der Waals surface area contributed by atoms with Crippen molar-refractivity contribution in [2.24, 2.45) is 0 Å². The lowest BCUT2D eigenvalue weighted by Gasteiger charge is -2.38. The molecule has 1 unspecified atom stereocenters. The molecule has 0 amide bonds. The van der Waals surface area contributed by atoms with Crippen molar-refractivity contribution in [3.63, 3.8) is 0 Å². The van der Waals surface area contributed by atoms with Crippen molar-refractivity contribution >= 4 is 11.3 Å². The number of aromatic nitrogens is 4. The molecular formula is C43H39N4S+. The molecule has 0 radical (unpaired) electrons.